The van der Waals surface area contributed by atoms with Crippen molar-refractivity contribution in [1.29, 1.82) is 0 Å². The van der Waals surface area contributed by atoms with E-state index in [4.69, 9.17) is 0 Å². The zero-order chi connectivity index (χ0) is 22.3. The summed E-state index contributed by atoms with van der Waals surface area (Å²) in [5.74, 6) is 0. The van der Waals surface area contributed by atoms with Crippen LogP contribution in [0, 0.1) is 0 Å². The standard InChI is InChI=1S/C25H47Si.3CH3.Pt/c1-4-5-6-7-8-9-10-11-12-13-14-15-16-17-18-21-24-26(2,3)25-22-19-20-23-25;;;;/h19,22H,4-18,20-21,24H2,1-3H3;3*1H3;. The molecule has 0 spiro atoms. The predicted octanol–water partition coefficient (Wildman–Crippen LogP) is 11.0. The Labute approximate surface area is 196 Å². The minimum atomic E-state index is -1.58. The summed E-state index contributed by atoms with van der Waals surface area (Å²) in [5.41, 5.74) is 0. The van der Waals surface area contributed by atoms with Crippen molar-refractivity contribution < 1.29 is 16.1 Å². The van der Waals surface area contributed by atoms with Crippen LogP contribution in [0.25, 0.3) is 0 Å². The summed E-state index contributed by atoms with van der Waals surface area (Å²) < 4.78 is 1.91. The van der Waals surface area contributed by atoms with Crippen LogP contribution in [0.2, 0.25) is 35.1 Å². The fourth-order valence-electron chi connectivity index (χ4n) is 4.74. The van der Waals surface area contributed by atoms with Gasteiger partial charge < -0.3 is 0 Å². The van der Waals surface area contributed by atoms with Gasteiger partial charge in [-0.2, -0.15) is 0 Å². The Bertz CT molecular complexity index is 495. The minimum absolute atomic E-state index is 1.21. The molecule has 2 heteroatoms. The molecule has 0 aromatic heterocycles. The summed E-state index contributed by atoms with van der Waals surface area (Å²) in [6.07, 6.45) is 29.8. The van der Waals surface area contributed by atoms with Crippen LogP contribution in [-0.2, 0) is 16.1 Å². The molecule has 0 heterocycles. The van der Waals surface area contributed by atoms with Gasteiger partial charge in [0.05, 0.1) is 0 Å². The number of hydrogen-bond donors (Lipinski definition) is 0. The van der Waals surface area contributed by atoms with Gasteiger partial charge in [-0.05, 0) is 0 Å². The van der Waals surface area contributed by atoms with E-state index in [0.29, 0.717) is 0 Å². The normalized spacial score (nSPS) is 15.4. The first-order valence-corrected chi connectivity index (χ1v) is 24.2. The van der Waals surface area contributed by atoms with Gasteiger partial charge in [0, 0.05) is 0 Å². The first kappa shape index (κ1) is 28.4. The molecule has 1 rings (SSSR count). The van der Waals surface area contributed by atoms with E-state index in [0.717, 1.165) is 0 Å². The van der Waals surface area contributed by atoms with Gasteiger partial charge in [-0.15, -0.1) is 0 Å². The van der Waals surface area contributed by atoms with Gasteiger partial charge in [-0.1, -0.05) is 58.3 Å². The number of rotatable bonds is 19. The molecule has 0 aromatic rings. The second-order valence-corrected chi connectivity index (χ2v) is 27.2. The maximum absolute atomic E-state index is 2.63. The van der Waals surface area contributed by atoms with Crippen LogP contribution in [-0.4, -0.2) is 8.07 Å². The number of hydrogen-bond acceptors (Lipinski definition) is 0. The third-order valence-corrected chi connectivity index (χ3v) is 16.0. The van der Waals surface area contributed by atoms with Crippen molar-refractivity contribution in [2.24, 2.45) is 0 Å². The second-order valence-electron chi connectivity index (χ2n) is 10.7. The molecule has 0 unspecified atom stereocenters. The van der Waals surface area contributed by atoms with Crippen LogP contribution in [0.15, 0.2) is 21.3 Å². The average Bonchev–Trinajstić information content (AvgIpc) is 3.19. The third-order valence-electron chi connectivity index (χ3n) is 6.80. The van der Waals surface area contributed by atoms with Crippen LogP contribution < -0.4 is 0 Å². The molecule has 0 radical (unpaired) electrons. The van der Waals surface area contributed by atoms with Crippen LogP contribution in [0.4, 0.5) is 0 Å². The molecule has 30 heavy (non-hydrogen) atoms. The van der Waals surface area contributed by atoms with Crippen molar-refractivity contribution in [3.63, 3.8) is 0 Å². The van der Waals surface area contributed by atoms with Crippen LogP contribution in [0.3, 0.4) is 0 Å². The summed E-state index contributed by atoms with van der Waals surface area (Å²) in [4.78, 5) is 0. The topological polar surface area (TPSA) is 0 Å². The Morgan fingerprint density at radius 1 is 0.667 bits per heavy atom. The summed E-state index contributed by atoms with van der Waals surface area (Å²) in [6.45, 7) is 7.57. The van der Waals surface area contributed by atoms with Gasteiger partial charge in [0.1, 0.15) is 0 Å². The van der Waals surface area contributed by atoms with Gasteiger partial charge in [0.2, 0.25) is 0 Å². The molecule has 0 bridgehead atoms. The van der Waals surface area contributed by atoms with E-state index in [2.05, 4.69) is 48.1 Å². The van der Waals surface area contributed by atoms with Gasteiger partial charge in [0.15, 0.2) is 0 Å². The van der Waals surface area contributed by atoms with Crippen LogP contribution in [0.1, 0.15) is 116 Å². The molecule has 0 amide bonds. The molecule has 0 saturated heterocycles. The van der Waals surface area contributed by atoms with Gasteiger partial charge in [-0.25, -0.2) is 0 Å². The van der Waals surface area contributed by atoms with E-state index < -0.39 is 24.1 Å². The molecule has 0 N–H and O–H groups in total. The van der Waals surface area contributed by atoms with Crippen molar-refractivity contribution in [1.82, 2.24) is 0 Å². The summed E-state index contributed by atoms with van der Waals surface area (Å²) in [7, 11) is -1.21. The van der Waals surface area contributed by atoms with Crippen molar-refractivity contribution in [2.45, 2.75) is 151 Å². The summed E-state index contributed by atoms with van der Waals surface area (Å²) in [6, 6.07) is 1.51. The fourth-order valence-corrected chi connectivity index (χ4v) is 15.4. The van der Waals surface area contributed by atoms with Crippen LogP contribution in [0.5, 0.6) is 0 Å². The first-order chi connectivity index (χ1) is 14.3. The first-order valence-electron chi connectivity index (χ1n) is 13.1. The molecule has 1 aliphatic rings. The Balaban J connectivity index is 1.98. The molecule has 1 aliphatic carbocycles. The molecule has 0 fully saturated rings. The zero-order valence-electron chi connectivity index (χ0n) is 21.7. The van der Waals surface area contributed by atoms with Crippen molar-refractivity contribution in [3.8, 4) is 0 Å². The van der Waals surface area contributed by atoms with E-state index in [-0.39, 0.29) is 0 Å². The SMILES string of the molecule is CCCCCCCCCCCCCCCCCC[Si](C)(C)C1=[C]([Pt]([CH3])([CH3])[CH3])CC=C1. The zero-order valence-corrected chi connectivity index (χ0v) is 25.0. The Hall–Kier alpha value is 0.385. The van der Waals surface area contributed by atoms with Crippen molar-refractivity contribution in [2.75, 3.05) is 0 Å². The predicted molar refractivity (Wildman–Crippen MR) is 140 cm³/mol. The molecule has 0 aliphatic heterocycles. The van der Waals surface area contributed by atoms with Gasteiger partial charge in [-0.3, -0.25) is 0 Å². The number of allylic oxidation sites excluding steroid dienone is 4. The molecule has 0 aromatic carbocycles. The van der Waals surface area contributed by atoms with Gasteiger partial charge in [0.25, 0.3) is 0 Å². The van der Waals surface area contributed by atoms with Gasteiger partial charge >= 0.3 is 138 Å². The molecule has 0 saturated carbocycles. The van der Waals surface area contributed by atoms with Crippen LogP contribution >= 0.6 is 0 Å². The quantitative estimate of drug-likeness (QED) is 0.100. The Morgan fingerprint density at radius 2 is 1.07 bits per heavy atom. The molecular formula is C28H56PtSi. The van der Waals surface area contributed by atoms with Crippen molar-refractivity contribution in [3.05, 3.63) is 21.3 Å². The maximum atomic E-state index is 2.63. The monoisotopic (exact) mass is 615 g/mol. The second kappa shape index (κ2) is 16.1. The van der Waals surface area contributed by atoms with E-state index in [9.17, 15) is 0 Å². The Morgan fingerprint density at radius 3 is 1.47 bits per heavy atom. The van der Waals surface area contributed by atoms with E-state index in [1.807, 2.05) is 9.16 Å². The number of unbranched alkanes of at least 4 members (excludes halogenated alkanes) is 15. The van der Waals surface area contributed by atoms with E-state index in [1.165, 1.54) is 115 Å². The summed E-state index contributed by atoms with van der Waals surface area (Å²) in [5, 5.41) is 9.59. The van der Waals surface area contributed by atoms with Crippen molar-refractivity contribution >= 4 is 8.07 Å². The Kier molecular flexibility index (Phi) is 15.2. The molecular weight excluding hydrogens is 559 g/mol. The molecule has 0 atom stereocenters. The molecule has 182 valence electrons. The van der Waals surface area contributed by atoms with E-state index in [1.54, 1.807) is 0 Å². The fraction of sp³-hybridized carbons (Fsp3) is 0.857. The summed E-state index contributed by atoms with van der Waals surface area (Å²) >= 11 is -1.58. The average molecular weight is 616 g/mol. The third kappa shape index (κ3) is 12.4. The molecule has 0 nitrogen and oxygen atoms in total. The van der Waals surface area contributed by atoms with E-state index >= 15 is 0 Å².